The summed E-state index contributed by atoms with van der Waals surface area (Å²) in [6.07, 6.45) is 4.96. The minimum absolute atomic E-state index is 0.109. The Morgan fingerprint density at radius 2 is 2.18 bits per heavy atom. The lowest BCUT2D eigenvalue weighted by Crippen LogP contribution is -2.43. The topological polar surface area (TPSA) is 29.1 Å². The fourth-order valence-corrected chi connectivity index (χ4v) is 3.41. The minimum atomic E-state index is 0.109. The predicted octanol–water partition coefficient (Wildman–Crippen LogP) is 3.69. The molecular weight excluding hydrogens is 230 g/mol. The molecule has 94 valence electrons. The second-order valence-corrected chi connectivity index (χ2v) is 6.20. The Morgan fingerprint density at radius 3 is 2.82 bits per heavy atom. The number of carbonyl (C=O) groups excluding carboxylic acids is 1. The lowest BCUT2D eigenvalue weighted by Gasteiger charge is -2.34. The summed E-state index contributed by atoms with van der Waals surface area (Å²) in [5.74, 6) is 1.41. The largest absolute Gasteiger partial charge is 0.348 e. The molecule has 1 aromatic heterocycles. The van der Waals surface area contributed by atoms with E-state index >= 15 is 0 Å². The third-order valence-electron chi connectivity index (χ3n) is 3.74. The molecule has 0 spiro atoms. The number of nitrogens with one attached hydrogen (secondary N) is 1. The maximum absolute atomic E-state index is 12.0. The standard InChI is InChI=1S/C14H21NOS/c1-10(2)11-6-3-4-7-12(11)15-14(16)13-8-5-9-17-13/h5,8-12H,3-4,6-7H2,1-2H3,(H,15,16). The summed E-state index contributed by atoms with van der Waals surface area (Å²) >= 11 is 1.52. The van der Waals surface area contributed by atoms with Crippen molar-refractivity contribution in [1.29, 1.82) is 0 Å². The number of amides is 1. The van der Waals surface area contributed by atoms with Crippen molar-refractivity contribution in [3.63, 3.8) is 0 Å². The summed E-state index contributed by atoms with van der Waals surface area (Å²) in [6, 6.07) is 4.20. The SMILES string of the molecule is CC(C)C1CCCCC1NC(=O)c1cccs1. The summed E-state index contributed by atoms with van der Waals surface area (Å²) in [5, 5.41) is 5.18. The van der Waals surface area contributed by atoms with Crippen molar-refractivity contribution in [3.05, 3.63) is 22.4 Å². The van der Waals surface area contributed by atoms with Crippen molar-refractivity contribution in [2.45, 2.75) is 45.6 Å². The van der Waals surface area contributed by atoms with E-state index in [9.17, 15) is 4.79 Å². The van der Waals surface area contributed by atoms with E-state index in [1.165, 1.54) is 30.6 Å². The molecule has 2 nitrogen and oxygen atoms in total. The number of hydrogen-bond donors (Lipinski definition) is 1. The highest BCUT2D eigenvalue weighted by molar-refractivity contribution is 7.12. The molecule has 0 aliphatic heterocycles. The molecule has 17 heavy (non-hydrogen) atoms. The van der Waals surface area contributed by atoms with Crippen LogP contribution in [0.25, 0.3) is 0 Å². The average Bonchev–Trinajstić information content (AvgIpc) is 2.83. The Hall–Kier alpha value is -0.830. The van der Waals surface area contributed by atoms with E-state index in [0.29, 0.717) is 17.9 Å². The number of rotatable bonds is 3. The van der Waals surface area contributed by atoms with Gasteiger partial charge in [0.1, 0.15) is 0 Å². The van der Waals surface area contributed by atoms with E-state index < -0.39 is 0 Å². The normalized spacial score (nSPS) is 24.9. The van der Waals surface area contributed by atoms with Crippen LogP contribution in [0.2, 0.25) is 0 Å². The lowest BCUT2D eigenvalue weighted by atomic mass is 9.78. The highest BCUT2D eigenvalue weighted by Gasteiger charge is 2.28. The highest BCUT2D eigenvalue weighted by atomic mass is 32.1. The lowest BCUT2D eigenvalue weighted by molar-refractivity contribution is 0.0893. The van der Waals surface area contributed by atoms with Gasteiger partial charge in [0.05, 0.1) is 4.88 Å². The molecule has 2 atom stereocenters. The Labute approximate surface area is 107 Å². The Morgan fingerprint density at radius 1 is 1.41 bits per heavy atom. The third kappa shape index (κ3) is 3.09. The molecule has 1 N–H and O–H groups in total. The first-order valence-electron chi connectivity index (χ1n) is 6.53. The van der Waals surface area contributed by atoms with Gasteiger partial charge in [0.2, 0.25) is 0 Å². The number of thiophene rings is 1. The van der Waals surface area contributed by atoms with Gasteiger partial charge in [-0.1, -0.05) is 32.8 Å². The first-order chi connectivity index (χ1) is 8.18. The molecule has 0 radical (unpaired) electrons. The van der Waals surface area contributed by atoms with Crippen molar-refractivity contribution in [1.82, 2.24) is 5.32 Å². The molecule has 1 fully saturated rings. The van der Waals surface area contributed by atoms with Gasteiger partial charge in [-0.05, 0) is 36.1 Å². The van der Waals surface area contributed by atoms with Crippen molar-refractivity contribution < 1.29 is 4.79 Å². The number of carbonyl (C=O) groups is 1. The molecular formula is C14H21NOS. The summed E-state index contributed by atoms with van der Waals surface area (Å²) < 4.78 is 0. The van der Waals surface area contributed by atoms with Crippen LogP contribution in [0.5, 0.6) is 0 Å². The van der Waals surface area contributed by atoms with E-state index in [4.69, 9.17) is 0 Å². The van der Waals surface area contributed by atoms with Crippen molar-refractivity contribution in [2.75, 3.05) is 0 Å². The first kappa shape index (κ1) is 12.6. The Kier molecular flexibility index (Phi) is 4.21. The fourth-order valence-electron chi connectivity index (χ4n) is 2.78. The van der Waals surface area contributed by atoms with Crippen LogP contribution in [0.4, 0.5) is 0 Å². The van der Waals surface area contributed by atoms with E-state index in [2.05, 4.69) is 19.2 Å². The molecule has 0 saturated heterocycles. The van der Waals surface area contributed by atoms with Gasteiger partial charge in [-0.25, -0.2) is 0 Å². The molecule has 2 unspecified atom stereocenters. The summed E-state index contributed by atoms with van der Waals surface area (Å²) in [6.45, 7) is 4.53. The van der Waals surface area contributed by atoms with E-state index in [-0.39, 0.29) is 5.91 Å². The number of hydrogen-bond acceptors (Lipinski definition) is 2. The fraction of sp³-hybridized carbons (Fsp3) is 0.643. The van der Waals surface area contributed by atoms with Gasteiger partial charge < -0.3 is 5.32 Å². The van der Waals surface area contributed by atoms with Crippen LogP contribution in [0.3, 0.4) is 0 Å². The molecule has 1 aromatic rings. The Bertz CT molecular complexity index is 358. The first-order valence-corrected chi connectivity index (χ1v) is 7.41. The van der Waals surface area contributed by atoms with Crippen molar-refractivity contribution in [2.24, 2.45) is 11.8 Å². The second-order valence-electron chi connectivity index (χ2n) is 5.25. The zero-order valence-electron chi connectivity index (χ0n) is 10.6. The van der Waals surface area contributed by atoms with Crippen LogP contribution in [0.15, 0.2) is 17.5 Å². The second kappa shape index (κ2) is 5.67. The molecule has 1 aliphatic carbocycles. The quantitative estimate of drug-likeness (QED) is 0.872. The smallest absolute Gasteiger partial charge is 0.261 e. The molecule has 3 heteroatoms. The van der Waals surface area contributed by atoms with E-state index in [0.717, 1.165) is 11.3 Å². The van der Waals surface area contributed by atoms with Gasteiger partial charge in [0, 0.05) is 6.04 Å². The van der Waals surface area contributed by atoms with Gasteiger partial charge >= 0.3 is 0 Å². The zero-order valence-corrected chi connectivity index (χ0v) is 11.4. The van der Waals surface area contributed by atoms with Crippen LogP contribution in [-0.4, -0.2) is 11.9 Å². The van der Waals surface area contributed by atoms with E-state index in [1.54, 1.807) is 0 Å². The average molecular weight is 251 g/mol. The van der Waals surface area contributed by atoms with Crippen LogP contribution >= 0.6 is 11.3 Å². The minimum Gasteiger partial charge on any atom is -0.348 e. The Balaban J connectivity index is 1.98. The van der Waals surface area contributed by atoms with Crippen LogP contribution in [0, 0.1) is 11.8 Å². The predicted molar refractivity (Wildman–Crippen MR) is 72.4 cm³/mol. The summed E-state index contributed by atoms with van der Waals surface area (Å²) in [4.78, 5) is 12.9. The molecule has 2 rings (SSSR count). The third-order valence-corrected chi connectivity index (χ3v) is 4.61. The van der Waals surface area contributed by atoms with Gasteiger partial charge in [-0.15, -0.1) is 11.3 Å². The van der Waals surface area contributed by atoms with E-state index in [1.807, 2.05) is 17.5 Å². The van der Waals surface area contributed by atoms with Crippen LogP contribution in [0.1, 0.15) is 49.2 Å². The molecule has 1 heterocycles. The molecule has 0 bridgehead atoms. The zero-order chi connectivity index (χ0) is 12.3. The van der Waals surface area contributed by atoms with Gasteiger partial charge in [-0.3, -0.25) is 4.79 Å². The van der Waals surface area contributed by atoms with Gasteiger partial charge in [0.25, 0.3) is 5.91 Å². The summed E-state index contributed by atoms with van der Waals surface area (Å²) in [5.41, 5.74) is 0. The molecule has 1 saturated carbocycles. The maximum Gasteiger partial charge on any atom is 0.261 e. The molecule has 1 aliphatic rings. The monoisotopic (exact) mass is 251 g/mol. The highest BCUT2D eigenvalue weighted by Crippen LogP contribution is 2.30. The van der Waals surface area contributed by atoms with Gasteiger partial charge in [0.15, 0.2) is 0 Å². The van der Waals surface area contributed by atoms with Crippen LogP contribution < -0.4 is 5.32 Å². The summed E-state index contributed by atoms with van der Waals surface area (Å²) in [7, 11) is 0. The van der Waals surface area contributed by atoms with Gasteiger partial charge in [-0.2, -0.15) is 0 Å². The maximum atomic E-state index is 12.0. The molecule has 1 amide bonds. The molecule has 0 aromatic carbocycles. The van der Waals surface area contributed by atoms with Crippen molar-refractivity contribution >= 4 is 17.2 Å². The van der Waals surface area contributed by atoms with Crippen LogP contribution in [-0.2, 0) is 0 Å². The van der Waals surface area contributed by atoms with Crippen molar-refractivity contribution in [3.8, 4) is 0 Å².